The highest BCUT2D eigenvalue weighted by atomic mass is 19.1. The monoisotopic (exact) mass is 475 g/mol. The molecule has 4 N–H and O–H groups in total. The number of hydrogen-bond donors (Lipinski definition) is 4. The average Bonchev–Trinajstić information content (AvgIpc) is 3.17. The average molecular weight is 476 g/mol. The number of anilines is 1. The second-order valence-corrected chi connectivity index (χ2v) is 9.53. The van der Waals surface area contributed by atoms with Crippen molar-refractivity contribution in [3.05, 3.63) is 64.7 Å². The first-order valence-electron chi connectivity index (χ1n) is 11.1. The predicted molar refractivity (Wildman–Crippen MR) is 124 cm³/mol. The van der Waals surface area contributed by atoms with Crippen molar-refractivity contribution in [2.45, 2.75) is 51.5 Å². The number of amides is 2. The Bertz CT molecular complexity index is 1010. The van der Waals surface area contributed by atoms with E-state index < -0.39 is 47.1 Å². The Morgan fingerprint density at radius 3 is 2.29 bits per heavy atom. The molecule has 3 atom stereocenters. The number of rotatable bonds is 7. The topological polar surface area (TPSA) is 99.7 Å². The van der Waals surface area contributed by atoms with Crippen molar-refractivity contribution in [2.75, 3.05) is 19.0 Å². The Labute approximate surface area is 197 Å². The van der Waals surface area contributed by atoms with Crippen LogP contribution in [0, 0.1) is 17.6 Å². The van der Waals surface area contributed by atoms with E-state index in [1.54, 1.807) is 52.1 Å². The van der Waals surface area contributed by atoms with Gasteiger partial charge >= 0.3 is 0 Å². The molecule has 0 bridgehead atoms. The minimum Gasteiger partial charge on any atom is -0.380 e. The molecule has 0 saturated carbocycles. The van der Waals surface area contributed by atoms with Gasteiger partial charge in [0.15, 0.2) is 0 Å². The highest BCUT2D eigenvalue weighted by Gasteiger charge is 2.32. The van der Waals surface area contributed by atoms with Crippen LogP contribution in [-0.2, 0) is 26.3 Å². The molecule has 2 aromatic rings. The largest absolute Gasteiger partial charge is 0.380 e. The SMILES string of the molecule is COCc1ccc([C@@H](NC(=O)[C@H]2CNC(O)C2)C(=O)Nc2cc(F)c(C(C)(C)C)c(F)c2)cc1. The first-order chi connectivity index (χ1) is 16.0. The van der Waals surface area contributed by atoms with Crippen LogP contribution in [0.2, 0.25) is 0 Å². The standard InChI is InChI=1S/C25H31F2N3O4/c1-25(2,3)21-18(26)10-17(11-19(21)27)29-24(33)22(15-7-5-14(6-8-15)13-34-4)30-23(32)16-9-20(31)28-12-16/h5-8,10-11,16,20,22,28,31H,9,12-13H2,1-4H3,(H,29,33)(H,30,32)/t16-,20?,22-/m1/s1. The lowest BCUT2D eigenvalue weighted by atomic mass is 9.86. The van der Waals surface area contributed by atoms with E-state index in [-0.39, 0.29) is 24.2 Å². The smallest absolute Gasteiger partial charge is 0.251 e. The van der Waals surface area contributed by atoms with Crippen LogP contribution < -0.4 is 16.0 Å². The fourth-order valence-electron chi connectivity index (χ4n) is 4.02. The van der Waals surface area contributed by atoms with Gasteiger partial charge in [-0.1, -0.05) is 45.0 Å². The molecule has 2 aromatic carbocycles. The number of carbonyl (C=O) groups is 2. The van der Waals surface area contributed by atoms with Crippen molar-refractivity contribution < 1.29 is 28.2 Å². The van der Waals surface area contributed by atoms with E-state index in [0.717, 1.165) is 17.7 Å². The van der Waals surface area contributed by atoms with Gasteiger partial charge in [-0.05, 0) is 35.1 Å². The summed E-state index contributed by atoms with van der Waals surface area (Å²) >= 11 is 0. The highest BCUT2D eigenvalue weighted by Crippen LogP contribution is 2.30. The third-order valence-electron chi connectivity index (χ3n) is 5.71. The molecule has 2 amide bonds. The maximum atomic E-state index is 14.6. The summed E-state index contributed by atoms with van der Waals surface area (Å²) in [6.45, 7) is 5.74. The van der Waals surface area contributed by atoms with Gasteiger partial charge in [0.2, 0.25) is 5.91 Å². The molecule has 3 rings (SSSR count). The molecule has 1 aliphatic heterocycles. The lowest BCUT2D eigenvalue weighted by Gasteiger charge is -2.23. The van der Waals surface area contributed by atoms with Crippen LogP contribution in [-0.4, -0.2) is 36.8 Å². The van der Waals surface area contributed by atoms with Crippen LogP contribution in [0.5, 0.6) is 0 Å². The molecule has 0 aliphatic carbocycles. The van der Waals surface area contributed by atoms with Crippen LogP contribution in [0.3, 0.4) is 0 Å². The number of aliphatic hydroxyl groups excluding tert-OH is 1. The predicted octanol–water partition coefficient (Wildman–Crippen LogP) is 3.13. The van der Waals surface area contributed by atoms with E-state index >= 15 is 0 Å². The van der Waals surface area contributed by atoms with Crippen LogP contribution in [0.25, 0.3) is 0 Å². The number of hydrogen-bond acceptors (Lipinski definition) is 5. The molecule has 1 saturated heterocycles. The third kappa shape index (κ3) is 6.16. The van der Waals surface area contributed by atoms with Gasteiger partial charge in [0, 0.05) is 24.9 Å². The van der Waals surface area contributed by atoms with Crippen molar-refractivity contribution in [3.63, 3.8) is 0 Å². The summed E-state index contributed by atoms with van der Waals surface area (Å²) in [5.74, 6) is -3.11. The number of methoxy groups -OCH3 is 1. The van der Waals surface area contributed by atoms with E-state index in [1.807, 2.05) is 0 Å². The zero-order valence-corrected chi connectivity index (χ0v) is 19.7. The van der Waals surface area contributed by atoms with E-state index in [4.69, 9.17) is 4.74 Å². The second kappa shape index (κ2) is 10.6. The van der Waals surface area contributed by atoms with Crippen LogP contribution in [0.1, 0.15) is 49.9 Å². The van der Waals surface area contributed by atoms with Crippen molar-refractivity contribution >= 4 is 17.5 Å². The zero-order valence-electron chi connectivity index (χ0n) is 19.7. The van der Waals surface area contributed by atoms with Gasteiger partial charge in [-0.2, -0.15) is 0 Å². The van der Waals surface area contributed by atoms with E-state index in [2.05, 4.69) is 16.0 Å². The highest BCUT2D eigenvalue weighted by molar-refractivity contribution is 5.98. The summed E-state index contributed by atoms with van der Waals surface area (Å²) in [5, 5.41) is 17.7. The Morgan fingerprint density at radius 2 is 1.79 bits per heavy atom. The molecule has 7 nitrogen and oxygen atoms in total. The van der Waals surface area contributed by atoms with Gasteiger partial charge in [-0.15, -0.1) is 0 Å². The third-order valence-corrected chi connectivity index (χ3v) is 5.71. The van der Waals surface area contributed by atoms with Crippen LogP contribution in [0.4, 0.5) is 14.5 Å². The van der Waals surface area contributed by atoms with E-state index in [1.165, 1.54) is 0 Å². The van der Waals surface area contributed by atoms with E-state index in [9.17, 15) is 23.5 Å². The fraction of sp³-hybridized carbons (Fsp3) is 0.440. The summed E-state index contributed by atoms with van der Waals surface area (Å²) < 4.78 is 34.4. The number of aliphatic hydroxyl groups is 1. The Balaban J connectivity index is 1.86. The number of halogens is 2. The minimum atomic E-state index is -1.12. The Morgan fingerprint density at radius 1 is 1.18 bits per heavy atom. The van der Waals surface area contributed by atoms with Gasteiger partial charge < -0.3 is 20.5 Å². The normalized spacial score (nSPS) is 19.0. The molecule has 0 aromatic heterocycles. The molecule has 9 heteroatoms. The molecule has 1 unspecified atom stereocenters. The minimum absolute atomic E-state index is 0.0544. The van der Waals surface area contributed by atoms with Crippen molar-refractivity contribution in [1.82, 2.24) is 10.6 Å². The van der Waals surface area contributed by atoms with Gasteiger partial charge in [0.1, 0.15) is 23.9 Å². The van der Waals surface area contributed by atoms with E-state index in [0.29, 0.717) is 12.2 Å². The Hall–Kier alpha value is -2.88. The lowest BCUT2D eigenvalue weighted by molar-refractivity contribution is -0.129. The first-order valence-corrected chi connectivity index (χ1v) is 11.1. The number of carbonyl (C=O) groups excluding carboxylic acids is 2. The summed E-state index contributed by atoms with van der Waals surface area (Å²) in [5.41, 5.74) is 0.487. The van der Waals surface area contributed by atoms with Gasteiger partial charge in [-0.3, -0.25) is 14.9 Å². The summed E-state index contributed by atoms with van der Waals surface area (Å²) in [4.78, 5) is 26.0. The maximum Gasteiger partial charge on any atom is 0.251 e. The molecular formula is C25H31F2N3O4. The molecule has 184 valence electrons. The zero-order chi connectivity index (χ0) is 25.0. The molecule has 1 heterocycles. The first kappa shape index (κ1) is 25.7. The molecule has 1 aliphatic rings. The molecule has 0 radical (unpaired) electrons. The quantitative estimate of drug-likeness (QED) is 0.493. The Kier molecular flexibility index (Phi) is 8.01. The number of nitrogens with one attached hydrogen (secondary N) is 3. The molecule has 0 spiro atoms. The summed E-state index contributed by atoms with van der Waals surface area (Å²) in [7, 11) is 1.57. The van der Waals surface area contributed by atoms with Gasteiger partial charge in [0.25, 0.3) is 5.91 Å². The lowest BCUT2D eigenvalue weighted by Crippen LogP contribution is -2.40. The second-order valence-electron chi connectivity index (χ2n) is 9.53. The van der Waals surface area contributed by atoms with Crippen molar-refractivity contribution in [1.29, 1.82) is 0 Å². The molecule has 34 heavy (non-hydrogen) atoms. The van der Waals surface area contributed by atoms with Gasteiger partial charge in [-0.25, -0.2) is 8.78 Å². The van der Waals surface area contributed by atoms with Crippen LogP contribution in [0.15, 0.2) is 36.4 Å². The molecule has 1 fully saturated rings. The van der Waals surface area contributed by atoms with Crippen LogP contribution >= 0.6 is 0 Å². The summed E-state index contributed by atoms with van der Waals surface area (Å²) in [6.07, 6.45) is -0.568. The number of ether oxygens (including phenoxy) is 1. The van der Waals surface area contributed by atoms with Crippen molar-refractivity contribution in [3.8, 4) is 0 Å². The molecular weight excluding hydrogens is 444 g/mol. The van der Waals surface area contributed by atoms with Gasteiger partial charge in [0.05, 0.1) is 12.5 Å². The summed E-state index contributed by atoms with van der Waals surface area (Å²) in [6, 6.07) is 7.93. The number of benzene rings is 2. The van der Waals surface area contributed by atoms with Crippen molar-refractivity contribution in [2.24, 2.45) is 5.92 Å². The fourth-order valence-corrected chi connectivity index (χ4v) is 4.02. The maximum absolute atomic E-state index is 14.6.